The summed E-state index contributed by atoms with van der Waals surface area (Å²) < 4.78 is 21.9. The highest BCUT2D eigenvalue weighted by Crippen LogP contribution is 2.25. The molecule has 0 spiro atoms. The molecule has 0 bridgehead atoms. The van der Waals surface area contributed by atoms with Crippen molar-refractivity contribution >= 4 is 0 Å². The lowest BCUT2D eigenvalue weighted by molar-refractivity contribution is 0.0751. The Morgan fingerprint density at radius 2 is 1.30 bits per heavy atom. The Labute approximate surface area is 136 Å². The van der Waals surface area contributed by atoms with Crippen LogP contribution in [-0.2, 0) is 11.3 Å². The van der Waals surface area contributed by atoms with E-state index in [2.05, 4.69) is 0 Å². The standard InChI is InChI=1S/C18H22O5/c1-20-17-8-4-5-9-18(17)23-13-11-21-10-12-22-16-7-3-2-6-15(16)14-19/h2-9,19H,10-14H2,1H3. The van der Waals surface area contributed by atoms with Crippen LogP contribution in [0.1, 0.15) is 5.56 Å². The lowest BCUT2D eigenvalue weighted by Gasteiger charge is -2.11. The third kappa shape index (κ3) is 5.47. The van der Waals surface area contributed by atoms with Gasteiger partial charge in [-0.25, -0.2) is 0 Å². The topological polar surface area (TPSA) is 57.2 Å². The van der Waals surface area contributed by atoms with Crippen molar-refractivity contribution in [2.24, 2.45) is 0 Å². The number of aliphatic hydroxyl groups is 1. The van der Waals surface area contributed by atoms with Crippen LogP contribution >= 0.6 is 0 Å². The van der Waals surface area contributed by atoms with Gasteiger partial charge in [0.15, 0.2) is 11.5 Å². The van der Waals surface area contributed by atoms with E-state index in [-0.39, 0.29) is 6.61 Å². The summed E-state index contributed by atoms with van der Waals surface area (Å²) in [4.78, 5) is 0. The molecule has 2 rings (SSSR count). The fraction of sp³-hybridized carbons (Fsp3) is 0.333. The quantitative estimate of drug-likeness (QED) is 0.683. The minimum atomic E-state index is -0.0379. The number of hydrogen-bond donors (Lipinski definition) is 1. The molecule has 0 heterocycles. The smallest absolute Gasteiger partial charge is 0.161 e. The fourth-order valence-electron chi connectivity index (χ4n) is 2.04. The Hall–Kier alpha value is -2.24. The molecule has 2 aromatic rings. The lowest BCUT2D eigenvalue weighted by atomic mass is 10.2. The third-order valence-corrected chi connectivity index (χ3v) is 3.18. The molecule has 0 unspecified atom stereocenters. The van der Waals surface area contributed by atoms with Crippen LogP contribution in [0, 0.1) is 0 Å². The first-order valence-electron chi connectivity index (χ1n) is 7.50. The maximum absolute atomic E-state index is 9.20. The molecule has 0 aliphatic heterocycles. The van der Waals surface area contributed by atoms with E-state index >= 15 is 0 Å². The average molecular weight is 318 g/mol. The fourth-order valence-corrected chi connectivity index (χ4v) is 2.04. The van der Waals surface area contributed by atoms with Gasteiger partial charge in [-0.1, -0.05) is 30.3 Å². The first-order valence-corrected chi connectivity index (χ1v) is 7.50. The molecule has 124 valence electrons. The van der Waals surface area contributed by atoms with Crippen LogP contribution in [0.15, 0.2) is 48.5 Å². The van der Waals surface area contributed by atoms with Gasteiger partial charge in [-0.3, -0.25) is 0 Å². The predicted molar refractivity (Wildman–Crippen MR) is 87.2 cm³/mol. The Bertz CT molecular complexity index is 534. The number of hydrogen-bond acceptors (Lipinski definition) is 5. The van der Waals surface area contributed by atoms with Crippen molar-refractivity contribution < 1.29 is 24.1 Å². The number of rotatable bonds is 10. The summed E-state index contributed by atoms with van der Waals surface area (Å²) in [7, 11) is 1.61. The zero-order valence-corrected chi connectivity index (χ0v) is 13.2. The number of aliphatic hydroxyl groups excluding tert-OH is 1. The minimum Gasteiger partial charge on any atom is -0.493 e. The van der Waals surface area contributed by atoms with Crippen LogP contribution < -0.4 is 14.2 Å². The van der Waals surface area contributed by atoms with Gasteiger partial charge in [-0.15, -0.1) is 0 Å². The Morgan fingerprint density at radius 3 is 1.96 bits per heavy atom. The molecule has 0 saturated heterocycles. The monoisotopic (exact) mass is 318 g/mol. The number of para-hydroxylation sites is 3. The van der Waals surface area contributed by atoms with Gasteiger partial charge in [0.05, 0.1) is 26.9 Å². The summed E-state index contributed by atoms with van der Waals surface area (Å²) in [6.07, 6.45) is 0. The molecular weight excluding hydrogens is 296 g/mol. The highest BCUT2D eigenvalue weighted by Gasteiger charge is 2.03. The zero-order valence-electron chi connectivity index (χ0n) is 13.2. The van der Waals surface area contributed by atoms with Gasteiger partial charge >= 0.3 is 0 Å². The SMILES string of the molecule is COc1ccccc1OCCOCCOc1ccccc1CO. The first kappa shape index (κ1) is 17.1. The molecule has 5 nitrogen and oxygen atoms in total. The largest absolute Gasteiger partial charge is 0.493 e. The van der Waals surface area contributed by atoms with Crippen molar-refractivity contribution in [2.45, 2.75) is 6.61 Å². The van der Waals surface area contributed by atoms with Crippen LogP contribution in [0.3, 0.4) is 0 Å². The molecule has 0 aliphatic carbocycles. The summed E-state index contributed by atoms with van der Waals surface area (Å²) in [5.41, 5.74) is 0.770. The normalized spacial score (nSPS) is 10.3. The summed E-state index contributed by atoms with van der Waals surface area (Å²) in [5.74, 6) is 2.09. The van der Waals surface area contributed by atoms with Gasteiger partial charge in [0, 0.05) is 5.56 Å². The van der Waals surface area contributed by atoms with E-state index in [0.717, 1.165) is 5.56 Å². The van der Waals surface area contributed by atoms with Crippen molar-refractivity contribution in [3.63, 3.8) is 0 Å². The minimum absolute atomic E-state index is 0.0379. The molecule has 23 heavy (non-hydrogen) atoms. The second-order valence-corrected chi connectivity index (χ2v) is 4.73. The molecule has 0 saturated carbocycles. The van der Waals surface area contributed by atoms with E-state index in [1.165, 1.54) is 0 Å². The average Bonchev–Trinajstić information content (AvgIpc) is 2.61. The van der Waals surface area contributed by atoms with Gasteiger partial charge < -0.3 is 24.1 Å². The molecular formula is C18H22O5. The highest BCUT2D eigenvalue weighted by molar-refractivity contribution is 5.39. The summed E-state index contributed by atoms with van der Waals surface area (Å²) in [6.45, 7) is 1.74. The van der Waals surface area contributed by atoms with E-state index in [1.807, 2.05) is 48.5 Å². The Balaban J connectivity index is 1.61. The summed E-state index contributed by atoms with van der Waals surface area (Å²) >= 11 is 0. The Kier molecular flexibility index (Phi) is 7.23. The van der Waals surface area contributed by atoms with E-state index in [0.29, 0.717) is 43.7 Å². The molecule has 0 radical (unpaired) electrons. The molecule has 5 heteroatoms. The van der Waals surface area contributed by atoms with Crippen molar-refractivity contribution in [1.82, 2.24) is 0 Å². The molecule has 0 aromatic heterocycles. The van der Waals surface area contributed by atoms with Crippen molar-refractivity contribution in [3.05, 3.63) is 54.1 Å². The van der Waals surface area contributed by atoms with Gasteiger partial charge in [-0.2, -0.15) is 0 Å². The number of benzene rings is 2. The van der Waals surface area contributed by atoms with Gasteiger partial charge in [0.25, 0.3) is 0 Å². The molecule has 0 atom stereocenters. The van der Waals surface area contributed by atoms with Crippen LogP contribution in [0.2, 0.25) is 0 Å². The van der Waals surface area contributed by atoms with E-state index in [4.69, 9.17) is 18.9 Å². The summed E-state index contributed by atoms with van der Waals surface area (Å²) in [5, 5.41) is 9.20. The van der Waals surface area contributed by atoms with Gasteiger partial charge in [0.2, 0.25) is 0 Å². The molecule has 1 N–H and O–H groups in total. The van der Waals surface area contributed by atoms with Crippen LogP contribution in [0.5, 0.6) is 17.2 Å². The maximum Gasteiger partial charge on any atom is 0.161 e. The van der Waals surface area contributed by atoms with Gasteiger partial charge in [-0.05, 0) is 18.2 Å². The van der Waals surface area contributed by atoms with Crippen LogP contribution in [0.25, 0.3) is 0 Å². The maximum atomic E-state index is 9.20. The predicted octanol–water partition coefficient (Wildman–Crippen LogP) is 2.66. The van der Waals surface area contributed by atoms with E-state index in [1.54, 1.807) is 7.11 Å². The van der Waals surface area contributed by atoms with Crippen molar-refractivity contribution in [2.75, 3.05) is 33.5 Å². The zero-order chi connectivity index (χ0) is 16.3. The van der Waals surface area contributed by atoms with Crippen LogP contribution in [-0.4, -0.2) is 38.6 Å². The Morgan fingerprint density at radius 1 is 0.739 bits per heavy atom. The molecule has 0 amide bonds. The molecule has 0 fully saturated rings. The van der Waals surface area contributed by atoms with E-state index in [9.17, 15) is 5.11 Å². The first-order chi connectivity index (χ1) is 11.3. The van der Waals surface area contributed by atoms with Crippen molar-refractivity contribution in [1.29, 1.82) is 0 Å². The van der Waals surface area contributed by atoms with Crippen molar-refractivity contribution in [3.8, 4) is 17.2 Å². The molecule has 0 aliphatic rings. The third-order valence-electron chi connectivity index (χ3n) is 3.18. The second kappa shape index (κ2) is 9.71. The number of ether oxygens (including phenoxy) is 4. The lowest BCUT2D eigenvalue weighted by Crippen LogP contribution is -2.12. The van der Waals surface area contributed by atoms with E-state index < -0.39 is 0 Å². The summed E-state index contributed by atoms with van der Waals surface area (Å²) in [6, 6.07) is 14.9. The van der Waals surface area contributed by atoms with Gasteiger partial charge in [0.1, 0.15) is 19.0 Å². The van der Waals surface area contributed by atoms with Crippen LogP contribution in [0.4, 0.5) is 0 Å². The molecule has 2 aromatic carbocycles. The number of methoxy groups -OCH3 is 1. The second-order valence-electron chi connectivity index (χ2n) is 4.73. The highest BCUT2D eigenvalue weighted by atomic mass is 16.6.